The van der Waals surface area contributed by atoms with Crippen molar-refractivity contribution in [3.05, 3.63) is 47.8 Å². The first-order chi connectivity index (χ1) is 19.6. The van der Waals surface area contributed by atoms with Crippen LogP contribution in [0.3, 0.4) is 0 Å². The summed E-state index contributed by atoms with van der Waals surface area (Å²) in [6.07, 6.45) is 3.07. The van der Waals surface area contributed by atoms with Gasteiger partial charge in [0.1, 0.15) is 24.0 Å². The molecule has 0 amide bonds. The Kier molecular flexibility index (Phi) is 9.70. The lowest BCUT2D eigenvalue weighted by Crippen LogP contribution is -2.49. The number of fused-ring (bicyclic) bond motifs is 1. The van der Waals surface area contributed by atoms with Gasteiger partial charge < -0.3 is 29.4 Å². The number of cyclic esters (lactones) is 1. The van der Waals surface area contributed by atoms with Gasteiger partial charge in [-0.2, -0.15) is 8.42 Å². The van der Waals surface area contributed by atoms with Crippen LogP contribution >= 0.6 is 0 Å². The maximum atomic E-state index is 13.1. The van der Waals surface area contributed by atoms with Gasteiger partial charge in [-0.25, -0.2) is 13.8 Å². The van der Waals surface area contributed by atoms with E-state index in [0.29, 0.717) is 17.7 Å². The molecule has 4 rings (SSSR count). The Balaban J connectivity index is 1.66. The number of carbonyl (C=O) groups excluding carboxylic acids is 2. The highest BCUT2D eigenvalue weighted by molar-refractivity contribution is 7.80. The third kappa shape index (κ3) is 6.81. The number of esters is 2. The van der Waals surface area contributed by atoms with Crippen LogP contribution in [0.5, 0.6) is 0 Å². The van der Waals surface area contributed by atoms with Gasteiger partial charge in [0.25, 0.3) is 0 Å². The first-order valence-electron chi connectivity index (χ1n) is 14.2. The van der Waals surface area contributed by atoms with Crippen LogP contribution in [0.2, 0.25) is 0 Å². The average molecular weight is 612 g/mol. The molecule has 3 aliphatic rings. The highest BCUT2D eigenvalue weighted by Crippen LogP contribution is 2.48. The number of allylic oxidation sites excluding steroid dienone is 1. The monoisotopic (exact) mass is 611 g/mol. The lowest BCUT2D eigenvalue weighted by atomic mass is 9.65. The zero-order valence-corrected chi connectivity index (χ0v) is 25.2. The lowest BCUT2D eigenvalue weighted by molar-refractivity contribution is -0.170. The molecule has 11 atom stereocenters. The van der Waals surface area contributed by atoms with Gasteiger partial charge in [-0.1, -0.05) is 32.1 Å². The van der Waals surface area contributed by atoms with E-state index in [0.717, 1.165) is 0 Å². The summed E-state index contributed by atoms with van der Waals surface area (Å²) in [5.74, 6) is -3.33. The van der Waals surface area contributed by atoms with Crippen LogP contribution in [0.4, 0.5) is 0 Å². The summed E-state index contributed by atoms with van der Waals surface area (Å²) in [5, 5.41) is 23.1. The molecule has 1 unspecified atom stereocenters. The van der Waals surface area contributed by atoms with E-state index < -0.39 is 70.3 Å². The number of H-pyrrole nitrogens is 1. The molecule has 1 saturated carbocycles. The topological polar surface area (TPSA) is 182 Å². The summed E-state index contributed by atoms with van der Waals surface area (Å²) < 4.78 is 53.7. The van der Waals surface area contributed by atoms with Crippen molar-refractivity contribution in [3.8, 4) is 0 Å². The molecule has 0 aromatic carbocycles. The number of hydrogen-bond acceptors (Lipinski definition) is 10. The first kappa shape index (κ1) is 32.4. The van der Waals surface area contributed by atoms with Gasteiger partial charge in [0.2, 0.25) is 0 Å². The third-order valence-electron chi connectivity index (χ3n) is 9.14. The van der Waals surface area contributed by atoms with E-state index in [1.54, 1.807) is 38.3 Å². The summed E-state index contributed by atoms with van der Waals surface area (Å²) in [7, 11) is -3.49. The number of hydrogen-bond donors (Lipinski definition) is 4. The Morgan fingerprint density at radius 2 is 1.95 bits per heavy atom. The molecule has 2 heterocycles. The van der Waals surface area contributed by atoms with Crippen LogP contribution in [-0.4, -0.2) is 83.3 Å². The maximum absolute atomic E-state index is 13.1. The third-order valence-corrected chi connectivity index (χ3v) is 9.69. The number of aliphatic hydroxyl groups excluding tert-OH is 1. The number of aromatic nitrogens is 1. The average Bonchev–Trinajstić information content (AvgIpc) is 3.54. The van der Waals surface area contributed by atoms with E-state index in [4.69, 9.17) is 18.4 Å². The van der Waals surface area contributed by atoms with Crippen LogP contribution in [0.1, 0.15) is 57.4 Å². The zero-order valence-electron chi connectivity index (χ0n) is 24.4. The minimum Gasteiger partial charge on any atom is -0.457 e. The summed E-state index contributed by atoms with van der Waals surface area (Å²) in [6, 6.07) is 3.31. The molecular weight excluding hydrogens is 570 g/mol. The Hall–Kier alpha value is -2.55. The second-order valence-electron chi connectivity index (χ2n) is 11.9. The molecule has 12 nitrogen and oxygen atoms in total. The molecule has 1 aromatic rings. The maximum Gasteiger partial charge on any atom is 0.397 e. The van der Waals surface area contributed by atoms with Gasteiger partial charge in [0.15, 0.2) is 6.10 Å². The lowest BCUT2D eigenvalue weighted by Gasteiger charge is -2.45. The quantitative estimate of drug-likeness (QED) is 0.202. The van der Waals surface area contributed by atoms with Gasteiger partial charge in [-0.05, 0) is 56.7 Å². The number of nitrogens with one attached hydrogen (secondary N) is 1. The largest absolute Gasteiger partial charge is 0.457 e. The van der Waals surface area contributed by atoms with Crippen LogP contribution in [0.25, 0.3) is 0 Å². The molecule has 2 aliphatic carbocycles. The van der Waals surface area contributed by atoms with Crippen LogP contribution in [0, 0.1) is 29.6 Å². The van der Waals surface area contributed by atoms with Crippen molar-refractivity contribution in [2.75, 3.05) is 7.11 Å². The molecular formula is C29H41NO11S. The predicted molar refractivity (Wildman–Crippen MR) is 149 cm³/mol. The van der Waals surface area contributed by atoms with Gasteiger partial charge in [-0.3, -0.25) is 4.55 Å². The molecule has 1 fully saturated rings. The molecule has 42 heavy (non-hydrogen) atoms. The number of methoxy groups -OCH3 is 1. The molecule has 13 heteroatoms. The molecule has 4 N–H and O–H groups in total. The summed E-state index contributed by atoms with van der Waals surface area (Å²) >= 11 is 0. The van der Waals surface area contributed by atoms with Gasteiger partial charge in [0, 0.05) is 37.0 Å². The molecule has 234 valence electrons. The fourth-order valence-electron chi connectivity index (χ4n) is 6.77. The number of carbonyl (C=O) groups is 2. The Morgan fingerprint density at radius 1 is 1.24 bits per heavy atom. The van der Waals surface area contributed by atoms with Crippen molar-refractivity contribution in [1.29, 1.82) is 0 Å². The molecule has 0 spiro atoms. The highest BCUT2D eigenvalue weighted by Gasteiger charge is 2.51. The Bertz CT molecular complexity index is 1290. The molecule has 1 aliphatic heterocycles. The summed E-state index contributed by atoms with van der Waals surface area (Å²) in [5.41, 5.74) is -0.581. The zero-order chi connectivity index (χ0) is 31.0. The van der Waals surface area contributed by atoms with Gasteiger partial charge in [-0.15, -0.1) is 0 Å². The van der Waals surface area contributed by atoms with Crippen molar-refractivity contribution in [2.24, 2.45) is 29.6 Å². The van der Waals surface area contributed by atoms with Gasteiger partial charge >= 0.3 is 22.3 Å². The minimum atomic E-state index is -4.83. The van der Waals surface area contributed by atoms with Crippen molar-refractivity contribution < 1.29 is 51.2 Å². The molecule has 0 saturated heterocycles. The van der Waals surface area contributed by atoms with Crippen molar-refractivity contribution in [1.82, 2.24) is 4.98 Å². The normalized spacial score (nSPS) is 39.5. The number of ether oxygens (including phenoxy) is 3. The second kappa shape index (κ2) is 12.6. The predicted octanol–water partition coefficient (Wildman–Crippen LogP) is 2.60. The second-order valence-corrected chi connectivity index (χ2v) is 12.9. The van der Waals surface area contributed by atoms with E-state index in [1.807, 2.05) is 19.1 Å². The standard InChI is InChI=1S/C29H41NO11S/c1-15-11-16(2)29(34)14-19(21-13-23(31)17(3)26(21)40-27(32)22-7-6-10-30-22)8-9-20(29)12-24(38-5)28(33)39-25(15)18(4)41-42(35,36)37/h6-11,15,17-21,23-26,30-31,34H,12-14H2,1-5H3,(H,35,36,37)/b16-11+/t15-,17-,18-,19?,20-,21-,23+,24+,25+,26-,29+/m1/s1. The summed E-state index contributed by atoms with van der Waals surface area (Å²) in [4.78, 5) is 28.8. The number of aromatic amines is 1. The minimum absolute atomic E-state index is 0.0732. The molecule has 0 bridgehead atoms. The summed E-state index contributed by atoms with van der Waals surface area (Å²) in [6.45, 7) is 6.64. The SMILES string of the molecule is CO[C@H]1C[C@H]2C=CC([C@H]3C[C@H](O)[C@@H](C)[C@H]3OC(=O)c3ccc[nH]3)C[C@]2(O)/C(C)=C/[C@@H](C)[C@@H]([C@@H](C)OS(=O)(=O)O)OC1=O. The number of rotatable bonds is 7. The Morgan fingerprint density at radius 3 is 2.57 bits per heavy atom. The van der Waals surface area contributed by atoms with E-state index in [1.165, 1.54) is 14.0 Å². The van der Waals surface area contributed by atoms with Crippen LogP contribution < -0.4 is 0 Å². The molecule has 1 aromatic heterocycles. The van der Waals surface area contributed by atoms with E-state index in [2.05, 4.69) is 4.98 Å². The smallest absolute Gasteiger partial charge is 0.397 e. The fourth-order valence-corrected chi connectivity index (χ4v) is 7.26. The first-order valence-corrected chi connectivity index (χ1v) is 15.5. The van der Waals surface area contributed by atoms with Crippen LogP contribution in [0.15, 0.2) is 42.1 Å². The Labute approximate surface area is 246 Å². The van der Waals surface area contributed by atoms with E-state index in [-0.39, 0.29) is 30.6 Å². The molecule has 0 radical (unpaired) electrons. The van der Waals surface area contributed by atoms with Crippen molar-refractivity contribution >= 4 is 22.3 Å². The van der Waals surface area contributed by atoms with Crippen molar-refractivity contribution in [3.63, 3.8) is 0 Å². The number of aliphatic hydroxyl groups is 2. The van der Waals surface area contributed by atoms with Crippen LogP contribution in [-0.2, 0) is 33.6 Å². The van der Waals surface area contributed by atoms with Crippen molar-refractivity contribution in [2.45, 2.75) is 83.1 Å². The van der Waals surface area contributed by atoms with Gasteiger partial charge in [0.05, 0.1) is 11.7 Å². The highest BCUT2D eigenvalue weighted by atomic mass is 32.3. The fraction of sp³-hybridized carbons (Fsp3) is 0.655. The van der Waals surface area contributed by atoms with E-state index in [9.17, 15) is 32.8 Å². The van der Waals surface area contributed by atoms with E-state index >= 15 is 0 Å².